The standard InChI is InChI=1S/C15H13F3IN/c1-10-2-7-13(8-14(10)19)20-9-11-3-5-12(6-4-11)15(16,17)18/h2-8,20H,9H2,1H3. The van der Waals surface area contributed by atoms with Gasteiger partial charge in [-0.25, -0.2) is 0 Å². The number of nitrogens with one attached hydrogen (secondary N) is 1. The van der Waals surface area contributed by atoms with Crippen LogP contribution in [0.1, 0.15) is 16.7 Å². The third-order valence-electron chi connectivity index (χ3n) is 2.95. The lowest BCUT2D eigenvalue weighted by molar-refractivity contribution is -0.137. The van der Waals surface area contributed by atoms with Gasteiger partial charge in [-0.05, 0) is 64.9 Å². The molecular weight excluding hydrogens is 378 g/mol. The summed E-state index contributed by atoms with van der Waals surface area (Å²) in [5.41, 5.74) is 2.35. The highest BCUT2D eigenvalue weighted by atomic mass is 127. The smallest absolute Gasteiger partial charge is 0.381 e. The SMILES string of the molecule is Cc1ccc(NCc2ccc(C(F)(F)F)cc2)cc1I. The summed E-state index contributed by atoms with van der Waals surface area (Å²) in [5.74, 6) is 0. The molecular formula is C15H13F3IN. The largest absolute Gasteiger partial charge is 0.416 e. The molecule has 0 saturated carbocycles. The summed E-state index contributed by atoms with van der Waals surface area (Å²) in [6.07, 6.45) is -4.28. The van der Waals surface area contributed by atoms with Crippen molar-refractivity contribution in [3.8, 4) is 0 Å². The van der Waals surface area contributed by atoms with E-state index in [4.69, 9.17) is 0 Å². The van der Waals surface area contributed by atoms with Crippen LogP contribution in [-0.2, 0) is 12.7 Å². The molecule has 20 heavy (non-hydrogen) atoms. The van der Waals surface area contributed by atoms with Crippen LogP contribution in [0.4, 0.5) is 18.9 Å². The van der Waals surface area contributed by atoms with Crippen molar-refractivity contribution in [2.75, 3.05) is 5.32 Å². The second-order valence-electron chi connectivity index (χ2n) is 4.51. The second-order valence-corrected chi connectivity index (χ2v) is 5.67. The molecule has 0 radical (unpaired) electrons. The third kappa shape index (κ3) is 3.88. The first-order valence-electron chi connectivity index (χ1n) is 6.02. The summed E-state index contributed by atoms with van der Waals surface area (Å²) >= 11 is 2.25. The quantitative estimate of drug-likeness (QED) is 0.707. The predicted molar refractivity (Wildman–Crippen MR) is 82.7 cm³/mol. The molecule has 0 aromatic heterocycles. The van der Waals surface area contributed by atoms with Crippen LogP contribution in [0.5, 0.6) is 0 Å². The zero-order valence-corrected chi connectivity index (χ0v) is 12.9. The van der Waals surface area contributed by atoms with Crippen molar-refractivity contribution in [3.63, 3.8) is 0 Å². The van der Waals surface area contributed by atoms with E-state index in [2.05, 4.69) is 27.9 Å². The molecule has 0 spiro atoms. The fraction of sp³-hybridized carbons (Fsp3) is 0.200. The average molecular weight is 391 g/mol. The molecule has 0 atom stereocenters. The normalized spacial score (nSPS) is 11.4. The van der Waals surface area contributed by atoms with Crippen LogP contribution in [-0.4, -0.2) is 0 Å². The molecule has 5 heteroatoms. The lowest BCUT2D eigenvalue weighted by Crippen LogP contribution is -2.05. The zero-order valence-electron chi connectivity index (χ0n) is 10.8. The van der Waals surface area contributed by atoms with Crippen LogP contribution < -0.4 is 5.32 Å². The Bertz CT molecular complexity index is 591. The van der Waals surface area contributed by atoms with E-state index in [0.717, 1.165) is 27.0 Å². The van der Waals surface area contributed by atoms with Crippen molar-refractivity contribution < 1.29 is 13.2 Å². The van der Waals surface area contributed by atoms with E-state index in [0.29, 0.717) is 6.54 Å². The third-order valence-corrected chi connectivity index (χ3v) is 4.11. The van der Waals surface area contributed by atoms with Crippen molar-refractivity contribution in [1.29, 1.82) is 0 Å². The van der Waals surface area contributed by atoms with Gasteiger partial charge < -0.3 is 5.32 Å². The number of alkyl halides is 3. The topological polar surface area (TPSA) is 12.0 Å². The number of anilines is 1. The second kappa shape index (κ2) is 6.03. The van der Waals surface area contributed by atoms with E-state index in [9.17, 15) is 13.2 Å². The first-order valence-corrected chi connectivity index (χ1v) is 7.10. The highest BCUT2D eigenvalue weighted by molar-refractivity contribution is 14.1. The Morgan fingerprint density at radius 2 is 1.70 bits per heavy atom. The monoisotopic (exact) mass is 391 g/mol. The molecule has 0 aliphatic carbocycles. The van der Waals surface area contributed by atoms with Gasteiger partial charge in [0.2, 0.25) is 0 Å². The maximum absolute atomic E-state index is 12.4. The van der Waals surface area contributed by atoms with E-state index >= 15 is 0 Å². The molecule has 0 aliphatic heterocycles. The van der Waals surface area contributed by atoms with E-state index in [-0.39, 0.29) is 0 Å². The van der Waals surface area contributed by atoms with E-state index in [1.54, 1.807) is 0 Å². The van der Waals surface area contributed by atoms with Gasteiger partial charge in [-0.1, -0.05) is 18.2 Å². The first kappa shape index (κ1) is 15.2. The van der Waals surface area contributed by atoms with E-state index in [1.165, 1.54) is 17.7 Å². The van der Waals surface area contributed by atoms with Crippen LogP contribution >= 0.6 is 22.6 Å². The molecule has 2 aromatic carbocycles. The molecule has 0 unspecified atom stereocenters. The van der Waals surface area contributed by atoms with Crippen LogP contribution in [0.3, 0.4) is 0 Å². The molecule has 0 bridgehead atoms. The lowest BCUT2D eigenvalue weighted by atomic mass is 10.1. The molecule has 0 heterocycles. The number of hydrogen-bond acceptors (Lipinski definition) is 1. The minimum atomic E-state index is -4.28. The van der Waals surface area contributed by atoms with Gasteiger partial charge in [0.15, 0.2) is 0 Å². The van der Waals surface area contributed by atoms with Gasteiger partial charge in [-0.15, -0.1) is 0 Å². The average Bonchev–Trinajstić information content (AvgIpc) is 2.40. The number of rotatable bonds is 3. The minimum absolute atomic E-state index is 0.497. The van der Waals surface area contributed by atoms with Gasteiger partial charge in [-0.2, -0.15) is 13.2 Å². The molecule has 106 valence electrons. The summed E-state index contributed by atoms with van der Waals surface area (Å²) in [7, 11) is 0. The highest BCUT2D eigenvalue weighted by Crippen LogP contribution is 2.29. The number of benzene rings is 2. The maximum atomic E-state index is 12.4. The molecule has 0 fully saturated rings. The number of hydrogen-bond donors (Lipinski definition) is 1. The number of halogens is 4. The van der Waals surface area contributed by atoms with Gasteiger partial charge in [0, 0.05) is 15.8 Å². The Hall–Kier alpha value is -1.24. The molecule has 2 rings (SSSR count). The highest BCUT2D eigenvalue weighted by Gasteiger charge is 2.29. The summed E-state index contributed by atoms with van der Waals surface area (Å²) in [6.45, 7) is 2.53. The summed E-state index contributed by atoms with van der Waals surface area (Å²) in [4.78, 5) is 0. The Morgan fingerprint density at radius 1 is 1.05 bits per heavy atom. The van der Waals surface area contributed by atoms with Gasteiger partial charge in [-0.3, -0.25) is 0 Å². The van der Waals surface area contributed by atoms with Crippen LogP contribution in [0.25, 0.3) is 0 Å². The zero-order chi connectivity index (χ0) is 14.8. The Labute approximate surface area is 129 Å². The Morgan fingerprint density at radius 3 is 2.25 bits per heavy atom. The molecule has 0 amide bonds. The Kier molecular flexibility index (Phi) is 4.57. The number of aryl methyl sites for hydroxylation is 1. The van der Waals surface area contributed by atoms with Crippen molar-refractivity contribution in [2.45, 2.75) is 19.6 Å². The first-order chi connectivity index (χ1) is 9.36. The predicted octanol–water partition coefficient (Wildman–Crippen LogP) is 5.23. The van der Waals surface area contributed by atoms with Crippen molar-refractivity contribution in [3.05, 3.63) is 62.7 Å². The molecule has 0 aliphatic rings. The van der Waals surface area contributed by atoms with Crippen molar-refractivity contribution >= 4 is 28.3 Å². The van der Waals surface area contributed by atoms with Crippen molar-refractivity contribution in [2.24, 2.45) is 0 Å². The fourth-order valence-electron chi connectivity index (χ4n) is 1.72. The van der Waals surface area contributed by atoms with Gasteiger partial charge in [0.25, 0.3) is 0 Å². The van der Waals surface area contributed by atoms with Crippen LogP contribution in [0.2, 0.25) is 0 Å². The minimum Gasteiger partial charge on any atom is -0.381 e. The van der Waals surface area contributed by atoms with Gasteiger partial charge in [0.1, 0.15) is 0 Å². The van der Waals surface area contributed by atoms with Gasteiger partial charge in [0.05, 0.1) is 5.56 Å². The van der Waals surface area contributed by atoms with Crippen molar-refractivity contribution in [1.82, 2.24) is 0 Å². The summed E-state index contributed by atoms with van der Waals surface area (Å²) in [5, 5.41) is 3.20. The molecule has 1 N–H and O–H groups in total. The van der Waals surface area contributed by atoms with Gasteiger partial charge >= 0.3 is 6.18 Å². The molecule has 1 nitrogen and oxygen atoms in total. The summed E-state index contributed by atoms with van der Waals surface area (Å²) < 4.78 is 38.5. The van der Waals surface area contributed by atoms with E-state index < -0.39 is 11.7 Å². The fourth-order valence-corrected chi connectivity index (χ4v) is 2.23. The van der Waals surface area contributed by atoms with Crippen LogP contribution in [0, 0.1) is 10.5 Å². The van der Waals surface area contributed by atoms with Crippen LogP contribution in [0.15, 0.2) is 42.5 Å². The summed E-state index contributed by atoms with van der Waals surface area (Å²) in [6, 6.07) is 11.2. The molecule has 0 saturated heterocycles. The lowest BCUT2D eigenvalue weighted by Gasteiger charge is -2.10. The molecule has 2 aromatic rings. The Balaban J connectivity index is 2.02. The maximum Gasteiger partial charge on any atom is 0.416 e. The van der Waals surface area contributed by atoms with E-state index in [1.807, 2.05) is 25.1 Å².